The molecule has 0 spiro atoms. The number of likely N-dealkylation sites (tertiary alicyclic amines) is 1. The van der Waals surface area contributed by atoms with E-state index in [0.717, 1.165) is 11.1 Å². The number of nitrogens with zero attached hydrogens (tertiary/aromatic N) is 2. The quantitative estimate of drug-likeness (QED) is 0.282. The zero-order chi connectivity index (χ0) is 29.7. The molecule has 1 fully saturated rings. The summed E-state index contributed by atoms with van der Waals surface area (Å²) in [5, 5.41) is 10.5. The summed E-state index contributed by atoms with van der Waals surface area (Å²) in [6.07, 6.45) is 0. The molecule has 4 N–H and O–H groups in total. The highest BCUT2D eigenvalue weighted by molar-refractivity contribution is 7.90. The number of methoxy groups -OCH3 is 1. The van der Waals surface area contributed by atoms with Gasteiger partial charge in [0.15, 0.2) is 0 Å². The fourth-order valence-corrected chi connectivity index (χ4v) is 6.18. The molecule has 1 aliphatic rings. The Balaban J connectivity index is 1.62. The Morgan fingerprint density at radius 1 is 1.05 bits per heavy atom. The Morgan fingerprint density at radius 3 is 2.10 bits per heavy atom. The minimum atomic E-state index is -4.32. The van der Waals surface area contributed by atoms with E-state index in [0.29, 0.717) is 34.6 Å². The number of ether oxygens (including phenoxy) is 1. The number of nitrogens with one attached hydrogen (secondary N) is 1. The molecule has 41 heavy (non-hydrogen) atoms. The van der Waals surface area contributed by atoms with Crippen molar-refractivity contribution < 1.29 is 27.9 Å². The number of aliphatic hydroxyl groups is 1. The first-order chi connectivity index (χ1) is 19.5. The van der Waals surface area contributed by atoms with E-state index in [1.54, 1.807) is 24.3 Å². The molecule has 1 aliphatic heterocycles. The van der Waals surface area contributed by atoms with Gasteiger partial charge in [-0.1, -0.05) is 53.5 Å². The van der Waals surface area contributed by atoms with Crippen LogP contribution in [0.3, 0.4) is 0 Å². The van der Waals surface area contributed by atoms with Gasteiger partial charge in [0, 0.05) is 34.9 Å². The summed E-state index contributed by atoms with van der Waals surface area (Å²) in [5.41, 5.74) is 7.58. The van der Waals surface area contributed by atoms with Crippen molar-refractivity contribution in [3.63, 3.8) is 0 Å². The van der Waals surface area contributed by atoms with Crippen LogP contribution in [0.2, 0.25) is 10.0 Å². The second-order valence-corrected chi connectivity index (χ2v) is 12.2. The molecule has 0 radical (unpaired) electrons. The maximum atomic E-state index is 13.6. The van der Waals surface area contributed by atoms with Crippen LogP contribution < -0.4 is 20.1 Å². The summed E-state index contributed by atoms with van der Waals surface area (Å²) in [7, 11) is -2.83. The number of halogens is 2. The summed E-state index contributed by atoms with van der Waals surface area (Å²) in [4.78, 5) is 28.6. The number of hydrogen-bond acceptors (Lipinski definition) is 7. The number of nitrogens with two attached hydrogens (primary N) is 1. The van der Waals surface area contributed by atoms with Crippen molar-refractivity contribution in [2.45, 2.75) is 18.1 Å². The number of hydrogen-bond donors (Lipinski definition) is 3. The molecule has 0 bridgehead atoms. The van der Waals surface area contributed by atoms with Crippen LogP contribution in [0.1, 0.15) is 17.2 Å². The van der Waals surface area contributed by atoms with E-state index < -0.39 is 40.2 Å². The topological polar surface area (TPSA) is 142 Å². The lowest BCUT2D eigenvalue weighted by atomic mass is 9.92. The molecule has 0 aliphatic carbocycles. The lowest BCUT2D eigenvalue weighted by Gasteiger charge is -2.49. The zero-order valence-corrected chi connectivity index (χ0v) is 24.4. The predicted molar refractivity (Wildman–Crippen MR) is 158 cm³/mol. The van der Waals surface area contributed by atoms with Crippen molar-refractivity contribution in [3.05, 3.63) is 94.0 Å². The van der Waals surface area contributed by atoms with E-state index in [9.17, 15) is 23.1 Å². The highest BCUT2D eigenvalue weighted by Crippen LogP contribution is 2.36. The minimum Gasteiger partial charge on any atom is -0.497 e. The van der Waals surface area contributed by atoms with Crippen molar-refractivity contribution in [1.29, 1.82) is 0 Å². The smallest absolute Gasteiger partial charge is 0.243 e. The Hall–Kier alpha value is -3.19. The van der Waals surface area contributed by atoms with Gasteiger partial charge in [-0.25, -0.2) is 8.42 Å². The maximum Gasteiger partial charge on any atom is 0.243 e. The first kappa shape index (κ1) is 30.8. The molecule has 13 heteroatoms. The van der Waals surface area contributed by atoms with Crippen molar-refractivity contribution in [2.24, 2.45) is 5.73 Å². The Morgan fingerprint density at radius 2 is 1.61 bits per heavy atom. The molecule has 2 amide bonds. The highest BCUT2D eigenvalue weighted by Gasteiger charge is 2.41. The summed E-state index contributed by atoms with van der Waals surface area (Å²) in [6, 6.07) is 19.7. The third-order valence-corrected chi connectivity index (χ3v) is 8.53. The van der Waals surface area contributed by atoms with E-state index in [1.165, 1.54) is 12.0 Å². The Kier molecular flexibility index (Phi) is 9.90. The van der Waals surface area contributed by atoms with E-state index in [2.05, 4.69) is 4.90 Å². The van der Waals surface area contributed by atoms with Gasteiger partial charge in [0.05, 0.1) is 25.8 Å². The third kappa shape index (κ3) is 7.56. The standard InChI is InChI=1S/C28H30Cl2N4O6S/c1-40-24-4-2-3-22(13-24)34(26(36)17-41(38,39)32-25(16-35)28(31)37)23-14-33(15-23)27(18-5-9-20(29)10-6-18)19-7-11-21(30)12-8-19/h2-13,23,25,27,32,35H,14-17H2,1H3,(H2,31,37). The first-order valence-corrected chi connectivity index (χ1v) is 15.0. The maximum absolute atomic E-state index is 13.6. The Bertz CT molecular complexity index is 1440. The summed E-state index contributed by atoms with van der Waals surface area (Å²) < 4.78 is 32.9. The number of carbonyl (C=O) groups is 2. The summed E-state index contributed by atoms with van der Waals surface area (Å²) in [6.45, 7) is 0.0104. The van der Waals surface area contributed by atoms with E-state index >= 15 is 0 Å². The molecule has 1 heterocycles. The average molecular weight is 622 g/mol. The van der Waals surface area contributed by atoms with Gasteiger partial charge in [-0.2, -0.15) is 4.72 Å². The van der Waals surface area contributed by atoms with Gasteiger partial charge in [0.25, 0.3) is 0 Å². The van der Waals surface area contributed by atoms with Crippen LogP contribution in [0.4, 0.5) is 5.69 Å². The second kappa shape index (κ2) is 13.2. The van der Waals surface area contributed by atoms with Gasteiger partial charge >= 0.3 is 0 Å². The van der Waals surface area contributed by atoms with E-state index in [4.69, 9.17) is 33.7 Å². The lowest BCUT2D eigenvalue weighted by molar-refractivity contribution is -0.120. The average Bonchev–Trinajstić information content (AvgIpc) is 2.91. The van der Waals surface area contributed by atoms with Gasteiger partial charge in [-0.15, -0.1) is 0 Å². The number of aliphatic hydroxyl groups excluding tert-OH is 1. The molecular formula is C28H30Cl2N4O6S. The molecule has 3 aromatic rings. The van der Waals surface area contributed by atoms with Crippen molar-refractivity contribution in [3.8, 4) is 5.75 Å². The number of benzene rings is 3. The largest absolute Gasteiger partial charge is 0.497 e. The molecule has 1 unspecified atom stereocenters. The fraction of sp³-hybridized carbons (Fsp3) is 0.286. The fourth-order valence-electron chi connectivity index (χ4n) is 4.76. The van der Waals surface area contributed by atoms with Crippen LogP contribution in [0.25, 0.3) is 0 Å². The SMILES string of the molecule is COc1cccc(N(C(=O)CS(=O)(=O)NC(CO)C(N)=O)C2CN(C(c3ccc(Cl)cc3)c3ccc(Cl)cc3)C2)c1. The Labute approximate surface area is 248 Å². The normalized spacial score (nSPS) is 14.9. The number of carbonyl (C=O) groups excluding carboxylic acids is 2. The molecular weight excluding hydrogens is 591 g/mol. The number of anilines is 1. The molecule has 4 rings (SSSR count). The van der Waals surface area contributed by atoms with Gasteiger partial charge in [-0.05, 0) is 47.5 Å². The molecule has 1 atom stereocenters. The van der Waals surface area contributed by atoms with Gasteiger partial charge in [-0.3, -0.25) is 14.5 Å². The predicted octanol–water partition coefficient (Wildman–Crippen LogP) is 2.57. The van der Waals surface area contributed by atoms with Gasteiger partial charge in [0.1, 0.15) is 17.5 Å². The van der Waals surface area contributed by atoms with Gasteiger partial charge < -0.3 is 20.5 Å². The van der Waals surface area contributed by atoms with Crippen LogP contribution in [0.15, 0.2) is 72.8 Å². The van der Waals surface area contributed by atoms with Crippen molar-refractivity contribution >= 4 is 50.7 Å². The van der Waals surface area contributed by atoms with Gasteiger partial charge in [0.2, 0.25) is 21.8 Å². The van der Waals surface area contributed by atoms with Crippen LogP contribution in [0, 0.1) is 0 Å². The minimum absolute atomic E-state index is 0.172. The molecule has 218 valence electrons. The van der Waals surface area contributed by atoms with Crippen molar-refractivity contribution in [1.82, 2.24) is 9.62 Å². The van der Waals surface area contributed by atoms with E-state index in [-0.39, 0.29) is 12.1 Å². The highest BCUT2D eigenvalue weighted by atomic mass is 35.5. The van der Waals surface area contributed by atoms with Crippen LogP contribution >= 0.6 is 23.2 Å². The van der Waals surface area contributed by atoms with E-state index in [1.807, 2.05) is 53.3 Å². The zero-order valence-electron chi connectivity index (χ0n) is 22.1. The van der Waals surface area contributed by atoms with Crippen LogP contribution in [0.5, 0.6) is 5.75 Å². The monoisotopic (exact) mass is 620 g/mol. The number of amides is 2. The third-order valence-electron chi connectivity index (χ3n) is 6.75. The molecule has 1 saturated heterocycles. The van der Waals surface area contributed by atoms with Crippen molar-refractivity contribution in [2.75, 3.05) is 37.5 Å². The molecule has 10 nitrogen and oxygen atoms in total. The number of rotatable bonds is 12. The molecule has 3 aromatic carbocycles. The molecule has 0 saturated carbocycles. The summed E-state index contributed by atoms with van der Waals surface area (Å²) in [5.74, 6) is -2.24. The number of primary amides is 1. The first-order valence-electron chi connectivity index (χ1n) is 12.6. The summed E-state index contributed by atoms with van der Waals surface area (Å²) >= 11 is 12.3. The molecule has 0 aromatic heterocycles. The van der Waals surface area contributed by atoms with Crippen LogP contribution in [-0.2, 0) is 19.6 Å². The number of sulfonamides is 1. The lowest BCUT2D eigenvalue weighted by Crippen LogP contribution is -2.63. The van der Waals surface area contributed by atoms with Crippen LogP contribution in [-0.4, -0.2) is 74.9 Å². The second-order valence-electron chi connectivity index (χ2n) is 9.59.